The molecular weight excluding hydrogens is 296 g/mol. The number of hydrogen-bond donors (Lipinski definition) is 2. The first-order valence-corrected chi connectivity index (χ1v) is 8.21. The molecular formula is C18H29ClN2O. The lowest BCUT2D eigenvalue weighted by Crippen LogP contribution is -2.36. The molecule has 2 atom stereocenters. The number of amides is 1. The zero-order valence-corrected chi connectivity index (χ0v) is 14.7. The van der Waals surface area contributed by atoms with Crippen LogP contribution in [0, 0.1) is 5.92 Å². The molecule has 4 heteroatoms. The third-order valence-electron chi connectivity index (χ3n) is 4.32. The summed E-state index contributed by atoms with van der Waals surface area (Å²) >= 11 is 0. The Bertz CT molecular complexity index is 453. The fourth-order valence-electron chi connectivity index (χ4n) is 2.98. The van der Waals surface area contributed by atoms with Crippen molar-refractivity contribution in [2.24, 2.45) is 5.92 Å². The smallest absolute Gasteiger partial charge is 0.222 e. The summed E-state index contributed by atoms with van der Waals surface area (Å²) in [5, 5.41) is 6.60. The van der Waals surface area contributed by atoms with Crippen LogP contribution in [-0.2, 0) is 11.2 Å². The van der Waals surface area contributed by atoms with E-state index in [0.29, 0.717) is 18.4 Å². The van der Waals surface area contributed by atoms with Crippen LogP contribution in [-0.4, -0.2) is 18.5 Å². The predicted octanol–water partition coefficient (Wildman–Crippen LogP) is 3.63. The highest BCUT2D eigenvalue weighted by molar-refractivity contribution is 5.85. The van der Waals surface area contributed by atoms with Crippen LogP contribution in [0.2, 0.25) is 0 Å². The van der Waals surface area contributed by atoms with Crippen molar-refractivity contribution in [1.29, 1.82) is 0 Å². The van der Waals surface area contributed by atoms with Crippen molar-refractivity contribution in [1.82, 2.24) is 10.6 Å². The number of halogens is 1. The summed E-state index contributed by atoms with van der Waals surface area (Å²) in [6.07, 6.45) is 3.94. The van der Waals surface area contributed by atoms with Crippen LogP contribution in [0.4, 0.5) is 0 Å². The van der Waals surface area contributed by atoms with Gasteiger partial charge in [0.2, 0.25) is 5.91 Å². The second-order valence-electron chi connectivity index (χ2n) is 6.38. The van der Waals surface area contributed by atoms with Crippen LogP contribution in [0.3, 0.4) is 0 Å². The van der Waals surface area contributed by atoms with E-state index in [-0.39, 0.29) is 24.4 Å². The van der Waals surface area contributed by atoms with Gasteiger partial charge in [0.1, 0.15) is 0 Å². The number of carbonyl (C=O) groups excluding carboxylic acids is 1. The number of benzene rings is 1. The summed E-state index contributed by atoms with van der Waals surface area (Å²) in [6, 6.07) is 9.09. The van der Waals surface area contributed by atoms with E-state index >= 15 is 0 Å². The molecule has 0 saturated carbocycles. The quantitative estimate of drug-likeness (QED) is 0.839. The van der Waals surface area contributed by atoms with Gasteiger partial charge in [-0.25, -0.2) is 0 Å². The number of nitrogens with one attached hydrogen (secondary N) is 2. The molecule has 0 aliphatic carbocycles. The average Bonchev–Trinajstić information content (AvgIpc) is 2.97. The molecule has 1 saturated heterocycles. The highest BCUT2D eigenvalue weighted by atomic mass is 35.5. The summed E-state index contributed by atoms with van der Waals surface area (Å²) in [5.41, 5.74) is 2.54. The van der Waals surface area contributed by atoms with Gasteiger partial charge in [0.15, 0.2) is 0 Å². The number of rotatable bonds is 6. The molecule has 0 radical (unpaired) electrons. The first kappa shape index (κ1) is 19.0. The van der Waals surface area contributed by atoms with Gasteiger partial charge in [-0.05, 0) is 42.9 Å². The Morgan fingerprint density at radius 2 is 2.00 bits per heavy atom. The topological polar surface area (TPSA) is 41.1 Å². The van der Waals surface area contributed by atoms with Crippen molar-refractivity contribution >= 4 is 18.3 Å². The fraction of sp³-hybridized carbons (Fsp3) is 0.611. The zero-order valence-electron chi connectivity index (χ0n) is 13.9. The van der Waals surface area contributed by atoms with E-state index < -0.39 is 0 Å². The van der Waals surface area contributed by atoms with E-state index in [2.05, 4.69) is 55.7 Å². The molecule has 124 valence electrons. The molecule has 1 aliphatic heterocycles. The second-order valence-corrected chi connectivity index (χ2v) is 6.38. The number of carbonyl (C=O) groups is 1. The third kappa shape index (κ3) is 5.29. The molecule has 0 spiro atoms. The number of hydrogen-bond acceptors (Lipinski definition) is 2. The maximum absolute atomic E-state index is 12.3. The molecule has 3 nitrogen and oxygen atoms in total. The molecule has 22 heavy (non-hydrogen) atoms. The predicted molar refractivity (Wildman–Crippen MR) is 94.4 cm³/mol. The molecule has 1 amide bonds. The summed E-state index contributed by atoms with van der Waals surface area (Å²) in [4.78, 5) is 12.3. The van der Waals surface area contributed by atoms with Crippen molar-refractivity contribution in [2.75, 3.05) is 6.54 Å². The molecule has 2 N–H and O–H groups in total. The van der Waals surface area contributed by atoms with Crippen LogP contribution in [0.5, 0.6) is 0 Å². The maximum atomic E-state index is 12.3. The van der Waals surface area contributed by atoms with Crippen LogP contribution >= 0.6 is 12.4 Å². The Labute approximate surface area is 140 Å². The van der Waals surface area contributed by atoms with Crippen LogP contribution in [0.25, 0.3) is 0 Å². The molecule has 1 aromatic rings. The summed E-state index contributed by atoms with van der Waals surface area (Å²) in [7, 11) is 0. The van der Waals surface area contributed by atoms with Crippen LogP contribution < -0.4 is 10.6 Å². The monoisotopic (exact) mass is 324 g/mol. The number of aryl methyl sites for hydroxylation is 1. The minimum Gasteiger partial charge on any atom is -0.349 e. The summed E-state index contributed by atoms with van der Waals surface area (Å²) in [6.45, 7) is 7.52. The highest BCUT2D eigenvalue weighted by Gasteiger charge is 2.22. The van der Waals surface area contributed by atoms with Gasteiger partial charge in [-0.3, -0.25) is 4.79 Å². The van der Waals surface area contributed by atoms with E-state index in [9.17, 15) is 4.79 Å². The minimum absolute atomic E-state index is 0. The molecule has 1 heterocycles. The van der Waals surface area contributed by atoms with Crippen molar-refractivity contribution in [3.63, 3.8) is 0 Å². The Hall–Kier alpha value is -1.06. The average molecular weight is 325 g/mol. The van der Waals surface area contributed by atoms with Gasteiger partial charge in [-0.2, -0.15) is 0 Å². The lowest BCUT2D eigenvalue weighted by atomic mass is 9.94. The normalized spacial score (nSPS) is 18.8. The fourth-order valence-corrected chi connectivity index (χ4v) is 2.98. The van der Waals surface area contributed by atoms with Gasteiger partial charge in [0, 0.05) is 12.5 Å². The summed E-state index contributed by atoms with van der Waals surface area (Å²) < 4.78 is 0. The van der Waals surface area contributed by atoms with E-state index in [0.717, 1.165) is 19.4 Å². The Kier molecular flexibility index (Phi) is 7.91. The highest BCUT2D eigenvalue weighted by Crippen LogP contribution is 2.23. The van der Waals surface area contributed by atoms with E-state index in [1.165, 1.54) is 17.5 Å². The van der Waals surface area contributed by atoms with E-state index in [1.54, 1.807) is 0 Å². The Morgan fingerprint density at radius 1 is 1.32 bits per heavy atom. The molecule has 1 aromatic carbocycles. The van der Waals surface area contributed by atoms with Crippen molar-refractivity contribution in [3.05, 3.63) is 35.4 Å². The van der Waals surface area contributed by atoms with E-state index in [4.69, 9.17) is 0 Å². The van der Waals surface area contributed by atoms with E-state index in [1.807, 2.05) is 0 Å². The molecule has 1 aliphatic rings. The molecule has 2 rings (SSSR count). The molecule has 1 fully saturated rings. The van der Waals surface area contributed by atoms with Crippen LogP contribution in [0.1, 0.15) is 57.2 Å². The molecule has 0 aromatic heterocycles. The minimum atomic E-state index is 0. The Morgan fingerprint density at radius 3 is 2.50 bits per heavy atom. The van der Waals surface area contributed by atoms with Crippen molar-refractivity contribution < 1.29 is 4.79 Å². The van der Waals surface area contributed by atoms with Gasteiger partial charge < -0.3 is 10.6 Å². The lowest BCUT2D eigenvalue weighted by Gasteiger charge is -2.24. The standard InChI is InChI=1S/C18H28N2O.ClH/c1-4-14-7-9-15(10-8-14)18(13(2)3)20-17(21)12-16-6-5-11-19-16;/h7-10,13,16,18-19H,4-6,11-12H2,1-3H3,(H,20,21);1H. The Balaban J connectivity index is 0.00000242. The van der Waals surface area contributed by atoms with Gasteiger partial charge in [-0.1, -0.05) is 45.0 Å². The van der Waals surface area contributed by atoms with Gasteiger partial charge in [-0.15, -0.1) is 12.4 Å². The summed E-state index contributed by atoms with van der Waals surface area (Å²) in [5.74, 6) is 0.547. The first-order chi connectivity index (χ1) is 10.1. The zero-order chi connectivity index (χ0) is 15.2. The first-order valence-electron chi connectivity index (χ1n) is 8.21. The third-order valence-corrected chi connectivity index (χ3v) is 4.32. The van der Waals surface area contributed by atoms with Gasteiger partial charge in [0.25, 0.3) is 0 Å². The maximum Gasteiger partial charge on any atom is 0.222 e. The van der Waals surface area contributed by atoms with Crippen molar-refractivity contribution in [2.45, 2.75) is 58.5 Å². The van der Waals surface area contributed by atoms with Gasteiger partial charge in [0.05, 0.1) is 6.04 Å². The second kappa shape index (κ2) is 9.16. The van der Waals surface area contributed by atoms with Crippen LogP contribution in [0.15, 0.2) is 24.3 Å². The lowest BCUT2D eigenvalue weighted by molar-refractivity contribution is -0.122. The van der Waals surface area contributed by atoms with Gasteiger partial charge >= 0.3 is 0 Å². The molecule has 0 bridgehead atoms. The largest absolute Gasteiger partial charge is 0.349 e. The molecule has 2 unspecified atom stereocenters. The van der Waals surface area contributed by atoms with Crippen molar-refractivity contribution in [3.8, 4) is 0 Å². The SMILES string of the molecule is CCc1ccc(C(NC(=O)CC2CCCN2)C(C)C)cc1.Cl.